The molecule has 4 aromatic heterocycles. The fraction of sp³-hybridized carbons (Fsp3) is 0.300. The van der Waals surface area contributed by atoms with Crippen LogP contribution in [0.1, 0.15) is 56.7 Å². The van der Waals surface area contributed by atoms with Crippen molar-refractivity contribution in [2.45, 2.75) is 81.6 Å². The third-order valence-electron chi connectivity index (χ3n) is 9.37. The van der Waals surface area contributed by atoms with Crippen molar-refractivity contribution in [3.63, 3.8) is 0 Å². The van der Waals surface area contributed by atoms with Gasteiger partial charge in [-0.2, -0.15) is 0 Å². The molecule has 12 heteroatoms. The third-order valence-corrected chi connectivity index (χ3v) is 9.37. The van der Waals surface area contributed by atoms with E-state index in [0.29, 0.717) is 23.8 Å². The molecular formula is C40H42N12. The standard InChI is InChI=1S/C40H42N12/c1-21-11-13-31-33(15-21)51(39-45-27(7)19-28(8)46-39)35(49(31)37-41-23(3)17-24(4)42-37)36-50(38-43-25(5)18-26(6)44-38)32-14-12-22(2)16-34(32)52(36)40-47-29(9)20-30(10)48-40/h11-20,35-36H,1-10H3. The molecule has 6 aromatic rings. The van der Waals surface area contributed by atoms with Crippen molar-refractivity contribution < 1.29 is 0 Å². The van der Waals surface area contributed by atoms with Crippen LogP contribution in [0.25, 0.3) is 0 Å². The molecule has 0 bridgehead atoms. The molecule has 12 nitrogen and oxygen atoms in total. The maximum atomic E-state index is 5.09. The second-order valence-corrected chi connectivity index (χ2v) is 14.1. The van der Waals surface area contributed by atoms with Gasteiger partial charge in [0.1, 0.15) is 0 Å². The smallest absolute Gasteiger partial charge is 0.232 e. The van der Waals surface area contributed by atoms with E-state index in [4.69, 9.17) is 39.9 Å². The SMILES string of the molecule is Cc1ccc2c(c1)N(c1nc(C)cc(C)n1)C(C1N(c3nc(C)cc(C)n3)c3ccc(C)cc3N1c1nc(C)cc(C)n1)N2c1nc(C)cc(C)n1. The molecule has 2 aliphatic heterocycles. The lowest BCUT2D eigenvalue weighted by Gasteiger charge is -2.42. The molecule has 8 rings (SSSR count). The minimum Gasteiger partial charge on any atom is -0.283 e. The zero-order valence-electron chi connectivity index (χ0n) is 31.3. The van der Waals surface area contributed by atoms with Crippen LogP contribution in [0.3, 0.4) is 0 Å². The molecule has 0 aliphatic carbocycles. The number of rotatable bonds is 5. The average molecular weight is 691 g/mol. The van der Waals surface area contributed by atoms with Crippen LogP contribution in [-0.4, -0.2) is 52.2 Å². The Kier molecular flexibility index (Phi) is 7.85. The molecule has 2 atom stereocenters. The van der Waals surface area contributed by atoms with E-state index in [1.807, 2.05) is 79.7 Å². The van der Waals surface area contributed by atoms with E-state index in [1.54, 1.807) is 0 Å². The number of hydrogen-bond acceptors (Lipinski definition) is 12. The topological polar surface area (TPSA) is 116 Å². The van der Waals surface area contributed by atoms with Crippen LogP contribution in [0.5, 0.6) is 0 Å². The number of anilines is 8. The van der Waals surface area contributed by atoms with Gasteiger partial charge in [0.2, 0.25) is 23.8 Å². The second kappa shape index (κ2) is 12.3. The molecule has 2 aliphatic rings. The van der Waals surface area contributed by atoms with Gasteiger partial charge in [0.25, 0.3) is 0 Å². The molecule has 2 aromatic carbocycles. The summed E-state index contributed by atoms with van der Waals surface area (Å²) in [5, 5.41) is 0. The maximum Gasteiger partial charge on any atom is 0.232 e. The summed E-state index contributed by atoms with van der Waals surface area (Å²) in [4.78, 5) is 49.6. The predicted octanol–water partition coefficient (Wildman–Crippen LogP) is 7.86. The molecule has 0 fully saturated rings. The lowest BCUT2D eigenvalue weighted by Crippen LogP contribution is -2.59. The van der Waals surface area contributed by atoms with Crippen molar-refractivity contribution in [2.75, 3.05) is 19.6 Å². The number of hydrogen-bond donors (Lipinski definition) is 0. The van der Waals surface area contributed by atoms with Gasteiger partial charge in [-0.05, 0) is 129 Å². The Morgan fingerprint density at radius 2 is 0.538 bits per heavy atom. The molecule has 0 spiro atoms. The maximum absolute atomic E-state index is 5.09. The van der Waals surface area contributed by atoms with Gasteiger partial charge < -0.3 is 0 Å². The molecule has 0 saturated heterocycles. The minimum absolute atomic E-state index is 0.564. The van der Waals surface area contributed by atoms with Crippen LogP contribution < -0.4 is 19.6 Å². The number of aryl methyl sites for hydroxylation is 10. The Morgan fingerprint density at radius 1 is 0.308 bits per heavy atom. The monoisotopic (exact) mass is 690 g/mol. The summed E-state index contributed by atoms with van der Waals surface area (Å²) < 4.78 is 0. The highest BCUT2D eigenvalue weighted by Gasteiger charge is 2.54. The Bertz CT molecular complexity index is 2140. The van der Waals surface area contributed by atoms with E-state index >= 15 is 0 Å². The first-order chi connectivity index (χ1) is 24.8. The summed E-state index contributed by atoms with van der Waals surface area (Å²) in [6, 6.07) is 20.9. The molecule has 0 amide bonds. The van der Waals surface area contributed by atoms with Gasteiger partial charge in [0, 0.05) is 45.6 Å². The Balaban J connectivity index is 1.51. The van der Waals surface area contributed by atoms with Crippen molar-refractivity contribution in [3.8, 4) is 0 Å². The van der Waals surface area contributed by atoms with Gasteiger partial charge in [-0.1, -0.05) is 12.1 Å². The van der Waals surface area contributed by atoms with E-state index < -0.39 is 12.3 Å². The fourth-order valence-corrected chi connectivity index (χ4v) is 7.56. The van der Waals surface area contributed by atoms with Crippen LogP contribution in [-0.2, 0) is 0 Å². The first-order valence-electron chi connectivity index (χ1n) is 17.5. The summed E-state index contributed by atoms with van der Waals surface area (Å²) in [6.45, 7) is 20.2. The normalized spacial score (nSPS) is 16.5. The predicted molar refractivity (Wildman–Crippen MR) is 205 cm³/mol. The molecule has 0 N–H and O–H groups in total. The molecule has 262 valence electrons. The fourth-order valence-electron chi connectivity index (χ4n) is 7.56. The molecular weight excluding hydrogens is 649 g/mol. The van der Waals surface area contributed by atoms with Crippen LogP contribution in [0, 0.1) is 69.2 Å². The lowest BCUT2D eigenvalue weighted by molar-refractivity contribution is 0.526. The van der Waals surface area contributed by atoms with Crippen molar-refractivity contribution in [1.29, 1.82) is 0 Å². The van der Waals surface area contributed by atoms with Crippen molar-refractivity contribution in [3.05, 3.63) is 117 Å². The highest BCUT2D eigenvalue weighted by Crippen LogP contribution is 2.54. The zero-order valence-corrected chi connectivity index (χ0v) is 31.3. The third kappa shape index (κ3) is 5.64. The molecule has 0 saturated carbocycles. The van der Waals surface area contributed by atoms with E-state index in [2.05, 4.69) is 69.8 Å². The summed E-state index contributed by atoms with van der Waals surface area (Å²) in [7, 11) is 0. The van der Waals surface area contributed by atoms with Crippen molar-refractivity contribution in [2.24, 2.45) is 0 Å². The van der Waals surface area contributed by atoms with Gasteiger partial charge in [-0.15, -0.1) is 0 Å². The molecule has 52 heavy (non-hydrogen) atoms. The van der Waals surface area contributed by atoms with Crippen LogP contribution in [0.2, 0.25) is 0 Å². The summed E-state index contributed by atoms with van der Waals surface area (Å²) in [5.41, 5.74) is 12.9. The number of fused-ring (bicyclic) bond motifs is 2. The zero-order chi connectivity index (χ0) is 36.6. The first kappa shape index (κ1) is 33.1. The van der Waals surface area contributed by atoms with Gasteiger partial charge in [-0.3, -0.25) is 19.6 Å². The van der Waals surface area contributed by atoms with E-state index in [0.717, 1.165) is 79.4 Å². The Morgan fingerprint density at radius 3 is 0.788 bits per heavy atom. The van der Waals surface area contributed by atoms with Crippen LogP contribution in [0.15, 0.2) is 60.7 Å². The second-order valence-electron chi connectivity index (χ2n) is 14.1. The van der Waals surface area contributed by atoms with Crippen molar-refractivity contribution >= 4 is 46.5 Å². The average Bonchev–Trinajstić information content (AvgIpc) is 3.55. The number of nitrogens with zero attached hydrogens (tertiary/aromatic N) is 12. The largest absolute Gasteiger partial charge is 0.283 e. The lowest BCUT2D eigenvalue weighted by atomic mass is 10.2. The van der Waals surface area contributed by atoms with E-state index in [1.165, 1.54) is 0 Å². The Hall–Kier alpha value is -6.04. The summed E-state index contributed by atoms with van der Waals surface area (Å²) in [6.07, 6.45) is -1.17. The highest BCUT2D eigenvalue weighted by atomic mass is 15.6. The molecule has 0 radical (unpaired) electrons. The number of benzene rings is 2. The van der Waals surface area contributed by atoms with Crippen LogP contribution in [0.4, 0.5) is 46.5 Å². The quantitative estimate of drug-likeness (QED) is 0.175. The van der Waals surface area contributed by atoms with Gasteiger partial charge in [0.15, 0.2) is 12.3 Å². The first-order valence-corrected chi connectivity index (χ1v) is 17.5. The number of aromatic nitrogens is 8. The highest BCUT2D eigenvalue weighted by molar-refractivity contribution is 5.91. The van der Waals surface area contributed by atoms with Gasteiger partial charge in [0.05, 0.1) is 22.7 Å². The molecule has 2 unspecified atom stereocenters. The van der Waals surface area contributed by atoms with E-state index in [9.17, 15) is 0 Å². The van der Waals surface area contributed by atoms with Gasteiger partial charge >= 0.3 is 0 Å². The van der Waals surface area contributed by atoms with Gasteiger partial charge in [-0.25, -0.2) is 39.9 Å². The minimum atomic E-state index is -0.583. The van der Waals surface area contributed by atoms with Crippen molar-refractivity contribution in [1.82, 2.24) is 39.9 Å². The van der Waals surface area contributed by atoms with Crippen LogP contribution >= 0.6 is 0 Å². The summed E-state index contributed by atoms with van der Waals surface area (Å²) >= 11 is 0. The van der Waals surface area contributed by atoms with E-state index in [-0.39, 0.29) is 0 Å². The Labute approximate surface area is 304 Å². The molecule has 6 heterocycles. The summed E-state index contributed by atoms with van der Waals surface area (Å²) in [5.74, 6) is 2.26.